The molecule has 0 N–H and O–H groups in total. The second kappa shape index (κ2) is 12.2. The highest BCUT2D eigenvalue weighted by Crippen LogP contribution is 2.49. The number of benzene rings is 4. The molecule has 4 rings (SSSR count). The van der Waals surface area contributed by atoms with Gasteiger partial charge in [-0.25, -0.2) is 4.57 Å². The van der Waals surface area contributed by atoms with Crippen molar-refractivity contribution in [1.82, 2.24) is 0 Å². The molecule has 0 saturated heterocycles. The van der Waals surface area contributed by atoms with Crippen LogP contribution in [0.1, 0.15) is 22.3 Å². The molecule has 10 nitrogen and oxygen atoms in total. The SMILES string of the molecule is COP(=O)(Oc1cccc(Oc2ccc(C#N)c(C#N)c2)c1)Oc1cccc(Oc2ccc(C#N)c(C#N)c2)c1. The molecule has 0 atom stereocenters. The number of rotatable bonds is 9. The Morgan fingerprint density at radius 2 is 0.900 bits per heavy atom. The van der Waals surface area contributed by atoms with E-state index in [0.29, 0.717) is 23.0 Å². The zero-order chi connectivity index (χ0) is 28.5. The molecule has 40 heavy (non-hydrogen) atoms. The van der Waals surface area contributed by atoms with Crippen molar-refractivity contribution in [3.8, 4) is 58.8 Å². The van der Waals surface area contributed by atoms with Gasteiger partial charge >= 0.3 is 7.82 Å². The molecule has 4 aromatic carbocycles. The van der Waals surface area contributed by atoms with Crippen LogP contribution in [0, 0.1) is 45.3 Å². The molecule has 0 aliphatic rings. The molecule has 0 heterocycles. The monoisotopic (exact) mass is 548 g/mol. The molecule has 0 spiro atoms. The van der Waals surface area contributed by atoms with Crippen LogP contribution < -0.4 is 18.5 Å². The van der Waals surface area contributed by atoms with Crippen LogP contribution in [0.3, 0.4) is 0 Å². The fourth-order valence-electron chi connectivity index (χ4n) is 3.37. The highest BCUT2D eigenvalue weighted by molar-refractivity contribution is 7.49. The van der Waals surface area contributed by atoms with Gasteiger partial charge in [-0.1, -0.05) is 12.1 Å². The second-order valence-electron chi connectivity index (χ2n) is 7.83. The van der Waals surface area contributed by atoms with Crippen LogP contribution in [0.15, 0.2) is 84.9 Å². The van der Waals surface area contributed by atoms with Gasteiger partial charge in [-0.2, -0.15) is 21.0 Å². The van der Waals surface area contributed by atoms with Crippen LogP contribution in [-0.4, -0.2) is 7.11 Å². The van der Waals surface area contributed by atoms with Crippen molar-refractivity contribution in [3.05, 3.63) is 107 Å². The fraction of sp³-hybridized carbons (Fsp3) is 0.0345. The lowest BCUT2D eigenvalue weighted by atomic mass is 10.1. The third kappa shape index (κ3) is 6.56. The lowest BCUT2D eigenvalue weighted by molar-refractivity contribution is 0.249. The van der Waals surface area contributed by atoms with Gasteiger partial charge in [0, 0.05) is 19.2 Å². The summed E-state index contributed by atoms with van der Waals surface area (Å²) >= 11 is 0. The zero-order valence-corrected chi connectivity index (χ0v) is 21.7. The molecule has 0 fully saturated rings. The van der Waals surface area contributed by atoms with E-state index in [9.17, 15) is 15.1 Å². The first-order chi connectivity index (χ1) is 19.4. The minimum Gasteiger partial charge on any atom is -0.457 e. The molecule has 0 saturated carbocycles. The maximum Gasteiger partial charge on any atom is 0.587 e. The minimum absolute atomic E-state index is 0.117. The third-order valence-electron chi connectivity index (χ3n) is 5.20. The summed E-state index contributed by atoms with van der Waals surface area (Å²) < 4.78 is 41.0. The summed E-state index contributed by atoms with van der Waals surface area (Å²) in [5.74, 6) is 1.49. The average molecular weight is 548 g/mol. The Morgan fingerprint density at radius 3 is 1.27 bits per heavy atom. The van der Waals surface area contributed by atoms with Crippen LogP contribution in [0.25, 0.3) is 0 Å². The van der Waals surface area contributed by atoms with Crippen LogP contribution in [0.2, 0.25) is 0 Å². The van der Waals surface area contributed by atoms with E-state index < -0.39 is 7.82 Å². The maximum atomic E-state index is 13.3. The average Bonchev–Trinajstić information content (AvgIpc) is 2.97. The summed E-state index contributed by atoms with van der Waals surface area (Å²) in [5, 5.41) is 36.6. The van der Waals surface area contributed by atoms with Crippen molar-refractivity contribution < 1.29 is 27.6 Å². The molecule has 11 heteroatoms. The molecule has 0 bridgehead atoms. The molecule has 0 aliphatic heterocycles. The molecular formula is C29H17N4O6P. The number of phosphoric acid groups is 1. The number of phosphoric ester groups is 1. The van der Waals surface area contributed by atoms with Crippen molar-refractivity contribution in [2.45, 2.75) is 0 Å². The van der Waals surface area contributed by atoms with Crippen molar-refractivity contribution in [2.24, 2.45) is 0 Å². The zero-order valence-electron chi connectivity index (χ0n) is 20.8. The lowest BCUT2D eigenvalue weighted by Gasteiger charge is -2.18. The Balaban J connectivity index is 1.48. The van der Waals surface area contributed by atoms with Crippen molar-refractivity contribution in [1.29, 1.82) is 21.0 Å². The quantitative estimate of drug-likeness (QED) is 0.200. The van der Waals surface area contributed by atoms with Crippen LogP contribution in [0.4, 0.5) is 0 Å². The van der Waals surface area contributed by atoms with Crippen molar-refractivity contribution in [3.63, 3.8) is 0 Å². The Bertz CT molecular complexity index is 1670. The molecular weight excluding hydrogens is 531 g/mol. The predicted octanol–water partition coefficient (Wildman–Crippen LogP) is 6.97. The second-order valence-corrected chi connectivity index (χ2v) is 9.45. The van der Waals surface area contributed by atoms with Crippen molar-refractivity contribution in [2.75, 3.05) is 7.11 Å². The van der Waals surface area contributed by atoms with Gasteiger partial charge in [0.05, 0.1) is 22.3 Å². The standard InChI is InChI=1S/C29H17N4O6P/c1-35-40(34,38-28-6-2-4-24(14-28)36-26-10-8-20(16-30)22(12-26)18-32)39-29-7-3-5-25(15-29)37-27-11-9-21(17-31)23(13-27)19-33/h2-15H,1H3. The molecule has 0 radical (unpaired) electrons. The summed E-state index contributed by atoms with van der Waals surface area (Å²) in [6.07, 6.45) is 0. The normalized spacial score (nSPS) is 10.2. The van der Waals surface area contributed by atoms with Gasteiger partial charge in [-0.15, -0.1) is 0 Å². The Labute approximate surface area is 229 Å². The van der Waals surface area contributed by atoms with Crippen LogP contribution in [-0.2, 0) is 9.09 Å². The Hall–Kier alpha value is -5.77. The van der Waals surface area contributed by atoms with E-state index in [-0.39, 0.29) is 33.8 Å². The van der Waals surface area contributed by atoms with E-state index in [0.717, 1.165) is 0 Å². The number of hydrogen-bond donors (Lipinski definition) is 0. The smallest absolute Gasteiger partial charge is 0.457 e. The van der Waals surface area contributed by atoms with Gasteiger partial charge in [0.1, 0.15) is 58.8 Å². The van der Waals surface area contributed by atoms with Crippen molar-refractivity contribution >= 4 is 7.82 Å². The largest absolute Gasteiger partial charge is 0.587 e. The molecule has 0 aromatic heterocycles. The lowest BCUT2D eigenvalue weighted by Crippen LogP contribution is -2.03. The van der Waals surface area contributed by atoms with Gasteiger partial charge in [-0.3, -0.25) is 4.52 Å². The summed E-state index contributed by atoms with van der Waals surface area (Å²) in [5.41, 5.74) is 0.785. The number of hydrogen-bond acceptors (Lipinski definition) is 10. The first kappa shape index (κ1) is 27.3. The van der Waals surface area contributed by atoms with Crippen LogP contribution in [0.5, 0.6) is 34.5 Å². The number of nitriles is 4. The Kier molecular flexibility index (Phi) is 8.31. The first-order valence-electron chi connectivity index (χ1n) is 11.4. The van der Waals surface area contributed by atoms with Gasteiger partial charge in [0.25, 0.3) is 0 Å². The third-order valence-corrected chi connectivity index (χ3v) is 6.52. The minimum atomic E-state index is -4.16. The summed E-state index contributed by atoms with van der Waals surface area (Å²) in [6, 6.07) is 29.1. The van der Waals surface area contributed by atoms with E-state index in [4.69, 9.17) is 33.6 Å². The highest BCUT2D eigenvalue weighted by Gasteiger charge is 2.29. The molecule has 4 aromatic rings. The molecule has 0 aliphatic carbocycles. The van der Waals surface area contributed by atoms with E-state index in [1.54, 1.807) is 36.4 Å². The highest BCUT2D eigenvalue weighted by atomic mass is 31.2. The number of ether oxygens (including phenoxy) is 2. The first-order valence-corrected chi connectivity index (χ1v) is 12.8. The van der Waals surface area contributed by atoms with E-state index in [1.807, 2.05) is 24.3 Å². The maximum absolute atomic E-state index is 13.3. The van der Waals surface area contributed by atoms with E-state index in [2.05, 4.69) is 0 Å². The van der Waals surface area contributed by atoms with Gasteiger partial charge in [0.2, 0.25) is 0 Å². The number of nitrogens with zero attached hydrogens (tertiary/aromatic N) is 4. The van der Waals surface area contributed by atoms with Gasteiger partial charge in [-0.05, 0) is 60.7 Å². The molecule has 0 amide bonds. The van der Waals surface area contributed by atoms with Gasteiger partial charge in [0.15, 0.2) is 0 Å². The Morgan fingerprint density at radius 1 is 0.525 bits per heavy atom. The topological polar surface area (TPSA) is 158 Å². The van der Waals surface area contributed by atoms with Gasteiger partial charge < -0.3 is 18.5 Å². The fourth-order valence-corrected chi connectivity index (χ4v) is 4.30. The molecule has 194 valence electrons. The molecule has 0 unspecified atom stereocenters. The van der Waals surface area contributed by atoms with Crippen LogP contribution >= 0.6 is 7.82 Å². The summed E-state index contributed by atoms with van der Waals surface area (Å²) in [4.78, 5) is 0. The van der Waals surface area contributed by atoms with E-state index >= 15 is 0 Å². The van der Waals surface area contributed by atoms with E-state index in [1.165, 1.54) is 55.6 Å². The predicted molar refractivity (Wildman–Crippen MR) is 141 cm³/mol. The summed E-state index contributed by atoms with van der Waals surface area (Å²) in [6.45, 7) is 0. The summed E-state index contributed by atoms with van der Waals surface area (Å²) in [7, 11) is -3.00.